The van der Waals surface area contributed by atoms with Crippen molar-refractivity contribution < 1.29 is 0 Å². The maximum absolute atomic E-state index is 4.44. The van der Waals surface area contributed by atoms with Gasteiger partial charge in [0.15, 0.2) is 0 Å². The summed E-state index contributed by atoms with van der Waals surface area (Å²) in [5, 5.41) is 0. The van der Waals surface area contributed by atoms with Crippen LogP contribution in [0.4, 0.5) is 0 Å². The zero-order valence-electron chi connectivity index (χ0n) is 9.52. The fourth-order valence-corrected chi connectivity index (χ4v) is 1.53. The Morgan fingerprint density at radius 1 is 1.21 bits per heavy atom. The fourth-order valence-electron chi connectivity index (χ4n) is 1.53. The Labute approximate surface area is 86.1 Å². The number of nitrogens with zero attached hydrogens (tertiary/aromatic N) is 2. The third kappa shape index (κ3) is 2.19. The largest absolute Gasteiger partial charge is 0.238 e. The van der Waals surface area contributed by atoms with Crippen molar-refractivity contribution in [3.63, 3.8) is 0 Å². The van der Waals surface area contributed by atoms with Crippen LogP contribution in [-0.4, -0.2) is 9.97 Å². The quantitative estimate of drug-likeness (QED) is 0.731. The molecule has 0 aliphatic carbocycles. The van der Waals surface area contributed by atoms with Gasteiger partial charge in [0.05, 0.1) is 5.69 Å². The van der Waals surface area contributed by atoms with Crippen LogP contribution >= 0.6 is 0 Å². The second kappa shape index (κ2) is 4.36. The van der Waals surface area contributed by atoms with Crippen molar-refractivity contribution in [3.05, 3.63) is 29.4 Å². The molecule has 14 heavy (non-hydrogen) atoms. The van der Waals surface area contributed by atoms with Gasteiger partial charge in [-0.2, -0.15) is 0 Å². The number of aromatic nitrogens is 2. The molecule has 0 aliphatic rings. The monoisotopic (exact) mass is 190 g/mol. The SMILES string of the molecule is C=C(CCC)c1nc(C)nc(C)c1C. The number of rotatable bonds is 3. The molecule has 0 amide bonds. The first-order valence-corrected chi connectivity index (χ1v) is 5.06. The van der Waals surface area contributed by atoms with Gasteiger partial charge in [-0.1, -0.05) is 19.9 Å². The van der Waals surface area contributed by atoms with Crippen LogP contribution in [0, 0.1) is 20.8 Å². The van der Waals surface area contributed by atoms with E-state index in [-0.39, 0.29) is 0 Å². The molecule has 1 heterocycles. The van der Waals surface area contributed by atoms with Gasteiger partial charge in [0.1, 0.15) is 5.82 Å². The second-order valence-corrected chi connectivity index (χ2v) is 3.68. The van der Waals surface area contributed by atoms with Crippen molar-refractivity contribution in [2.45, 2.75) is 40.5 Å². The Hall–Kier alpha value is -1.18. The Morgan fingerprint density at radius 2 is 1.86 bits per heavy atom. The summed E-state index contributed by atoms with van der Waals surface area (Å²) in [5.74, 6) is 0.834. The molecule has 0 bridgehead atoms. The molecular weight excluding hydrogens is 172 g/mol. The lowest BCUT2D eigenvalue weighted by atomic mass is 10.0. The average Bonchev–Trinajstić information content (AvgIpc) is 2.11. The molecule has 0 N–H and O–H groups in total. The van der Waals surface area contributed by atoms with E-state index in [1.165, 1.54) is 0 Å². The standard InChI is InChI=1S/C12H18N2/c1-6-7-8(2)12-9(3)10(4)13-11(5)14-12/h2,6-7H2,1,3-5H3. The van der Waals surface area contributed by atoms with Gasteiger partial charge in [-0.15, -0.1) is 0 Å². The van der Waals surface area contributed by atoms with Gasteiger partial charge < -0.3 is 0 Å². The van der Waals surface area contributed by atoms with E-state index in [1.54, 1.807) is 0 Å². The van der Waals surface area contributed by atoms with Crippen molar-refractivity contribution >= 4 is 5.57 Å². The predicted molar refractivity (Wildman–Crippen MR) is 60.2 cm³/mol. The predicted octanol–water partition coefficient (Wildman–Crippen LogP) is 3.22. The molecule has 76 valence electrons. The second-order valence-electron chi connectivity index (χ2n) is 3.68. The van der Waals surface area contributed by atoms with Gasteiger partial charge in [-0.3, -0.25) is 0 Å². The highest BCUT2D eigenvalue weighted by atomic mass is 14.9. The lowest BCUT2D eigenvalue weighted by Crippen LogP contribution is -2.01. The van der Waals surface area contributed by atoms with Crippen molar-refractivity contribution in [3.8, 4) is 0 Å². The molecule has 2 nitrogen and oxygen atoms in total. The summed E-state index contributed by atoms with van der Waals surface area (Å²) in [6.45, 7) is 12.2. The Kier molecular flexibility index (Phi) is 3.39. The van der Waals surface area contributed by atoms with E-state index >= 15 is 0 Å². The molecule has 0 radical (unpaired) electrons. The van der Waals surface area contributed by atoms with Crippen molar-refractivity contribution in [2.75, 3.05) is 0 Å². The zero-order valence-corrected chi connectivity index (χ0v) is 9.52. The topological polar surface area (TPSA) is 25.8 Å². The number of allylic oxidation sites excluding steroid dienone is 1. The molecule has 1 rings (SSSR count). The molecule has 0 saturated carbocycles. The highest BCUT2D eigenvalue weighted by Gasteiger charge is 2.08. The van der Waals surface area contributed by atoms with Crippen LogP contribution in [0.1, 0.15) is 42.5 Å². The van der Waals surface area contributed by atoms with Crippen LogP contribution in [0.25, 0.3) is 5.57 Å². The van der Waals surface area contributed by atoms with E-state index in [0.717, 1.165) is 41.2 Å². The van der Waals surface area contributed by atoms with Gasteiger partial charge in [-0.05, 0) is 38.3 Å². The number of aryl methyl sites for hydroxylation is 2. The molecule has 1 aromatic heterocycles. The summed E-state index contributed by atoms with van der Waals surface area (Å²) in [4.78, 5) is 8.77. The first-order chi connectivity index (χ1) is 6.56. The smallest absolute Gasteiger partial charge is 0.126 e. The van der Waals surface area contributed by atoms with Crippen LogP contribution in [-0.2, 0) is 0 Å². The summed E-state index contributed by atoms with van der Waals surface area (Å²) in [6.07, 6.45) is 2.12. The Bertz CT molecular complexity index is 354. The minimum absolute atomic E-state index is 0.834. The molecule has 1 aromatic rings. The van der Waals surface area contributed by atoms with Crippen LogP contribution in [0.5, 0.6) is 0 Å². The van der Waals surface area contributed by atoms with E-state index in [2.05, 4.69) is 30.4 Å². The average molecular weight is 190 g/mol. The van der Waals surface area contributed by atoms with E-state index in [1.807, 2.05) is 13.8 Å². The van der Waals surface area contributed by atoms with E-state index in [0.29, 0.717) is 0 Å². The van der Waals surface area contributed by atoms with Gasteiger partial charge in [0.2, 0.25) is 0 Å². The molecule has 0 atom stereocenters. The molecule has 0 saturated heterocycles. The van der Waals surface area contributed by atoms with E-state index < -0.39 is 0 Å². The molecular formula is C12H18N2. The molecule has 0 fully saturated rings. The van der Waals surface area contributed by atoms with Crippen LogP contribution < -0.4 is 0 Å². The normalized spacial score (nSPS) is 10.3. The lowest BCUT2D eigenvalue weighted by Gasteiger charge is -2.10. The van der Waals surface area contributed by atoms with Gasteiger partial charge in [0.25, 0.3) is 0 Å². The zero-order chi connectivity index (χ0) is 10.7. The minimum Gasteiger partial charge on any atom is -0.238 e. The van der Waals surface area contributed by atoms with Gasteiger partial charge in [0, 0.05) is 5.69 Å². The van der Waals surface area contributed by atoms with Gasteiger partial charge in [-0.25, -0.2) is 9.97 Å². The minimum atomic E-state index is 0.834. The Morgan fingerprint density at radius 3 is 2.43 bits per heavy atom. The van der Waals surface area contributed by atoms with Crippen molar-refractivity contribution in [1.82, 2.24) is 9.97 Å². The van der Waals surface area contributed by atoms with Crippen molar-refractivity contribution in [2.24, 2.45) is 0 Å². The first-order valence-electron chi connectivity index (χ1n) is 5.06. The summed E-state index contributed by atoms with van der Waals surface area (Å²) >= 11 is 0. The third-order valence-corrected chi connectivity index (χ3v) is 2.39. The fraction of sp³-hybridized carbons (Fsp3) is 0.500. The maximum Gasteiger partial charge on any atom is 0.126 e. The summed E-state index contributed by atoms with van der Waals surface area (Å²) in [5.41, 5.74) is 4.38. The summed E-state index contributed by atoms with van der Waals surface area (Å²) in [6, 6.07) is 0. The lowest BCUT2D eigenvalue weighted by molar-refractivity contribution is 0.930. The van der Waals surface area contributed by atoms with E-state index in [9.17, 15) is 0 Å². The van der Waals surface area contributed by atoms with Crippen LogP contribution in [0.2, 0.25) is 0 Å². The highest BCUT2D eigenvalue weighted by Crippen LogP contribution is 2.20. The molecule has 2 heteroatoms. The molecule has 0 unspecified atom stereocenters. The maximum atomic E-state index is 4.44. The summed E-state index contributed by atoms with van der Waals surface area (Å²) < 4.78 is 0. The van der Waals surface area contributed by atoms with Crippen LogP contribution in [0.15, 0.2) is 6.58 Å². The molecule has 0 spiro atoms. The third-order valence-electron chi connectivity index (χ3n) is 2.39. The van der Waals surface area contributed by atoms with Crippen molar-refractivity contribution in [1.29, 1.82) is 0 Å². The molecule has 0 aliphatic heterocycles. The summed E-state index contributed by atoms with van der Waals surface area (Å²) in [7, 11) is 0. The van der Waals surface area contributed by atoms with Crippen LogP contribution in [0.3, 0.4) is 0 Å². The number of hydrogen-bond donors (Lipinski definition) is 0. The highest BCUT2D eigenvalue weighted by molar-refractivity contribution is 5.63. The first kappa shape index (κ1) is 10.9. The van der Waals surface area contributed by atoms with Gasteiger partial charge >= 0.3 is 0 Å². The van der Waals surface area contributed by atoms with E-state index in [4.69, 9.17) is 0 Å². The number of hydrogen-bond acceptors (Lipinski definition) is 2. The Balaban J connectivity index is 3.13. The molecule has 0 aromatic carbocycles.